The highest BCUT2D eigenvalue weighted by molar-refractivity contribution is 8.00. The minimum Gasteiger partial charge on any atom is -0.304 e. The maximum absolute atomic E-state index is 13.3. The number of hydrogen-bond acceptors (Lipinski definition) is 7. The predicted molar refractivity (Wildman–Crippen MR) is 91.5 cm³/mol. The summed E-state index contributed by atoms with van der Waals surface area (Å²) in [5.41, 5.74) is -4.85. The smallest absolute Gasteiger partial charge is 0.304 e. The minimum absolute atomic E-state index is 0.420. The van der Waals surface area contributed by atoms with E-state index in [1.54, 1.807) is 0 Å². The number of benzene rings is 1. The summed E-state index contributed by atoms with van der Waals surface area (Å²) in [4.78, 5) is -1.82. The van der Waals surface area contributed by atoms with Gasteiger partial charge in [-0.3, -0.25) is 8.75 Å². The molecule has 0 aliphatic carbocycles. The molecule has 0 fully saturated rings. The third-order valence-corrected chi connectivity index (χ3v) is 6.86. The Hall–Kier alpha value is -0.650. The van der Waals surface area contributed by atoms with Gasteiger partial charge in [-0.1, -0.05) is 0 Å². The highest BCUT2D eigenvalue weighted by Gasteiger charge is 2.35. The lowest BCUT2D eigenvalue weighted by atomic mass is 10.3. The molecule has 0 aliphatic rings. The molecule has 1 aromatic carbocycles. The standard InChI is InChI=1S/C14H19F4O6PS2/c1-9(2)23-25(19,24-10(3)4)8-22-27(20,21)13-6-5-11(15)7-12(13)26-14(16,17)18/h5-7,9-10H,8H2,1-4H3. The Morgan fingerprint density at radius 1 is 1.11 bits per heavy atom. The molecule has 1 aromatic rings. The molecule has 0 aromatic heterocycles. The number of alkyl halides is 3. The first-order chi connectivity index (χ1) is 12.1. The quantitative estimate of drug-likeness (QED) is 0.221. The number of thioether (sulfide) groups is 1. The molecule has 13 heteroatoms. The molecule has 0 radical (unpaired) electrons. The van der Waals surface area contributed by atoms with Gasteiger partial charge in [0.25, 0.3) is 10.1 Å². The van der Waals surface area contributed by atoms with Crippen molar-refractivity contribution in [3.8, 4) is 0 Å². The highest BCUT2D eigenvalue weighted by atomic mass is 32.2. The Morgan fingerprint density at radius 2 is 1.63 bits per heavy atom. The van der Waals surface area contributed by atoms with E-state index in [1.165, 1.54) is 27.7 Å². The zero-order valence-electron chi connectivity index (χ0n) is 14.8. The van der Waals surface area contributed by atoms with E-state index in [4.69, 9.17) is 9.05 Å². The summed E-state index contributed by atoms with van der Waals surface area (Å²) in [6.07, 6.45) is -2.23. The number of hydrogen-bond donors (Lipinski definition) is 0. The molecular formula is C14H19F4O6PS2. The molecule has 0 N–H and O–H groups in total. The first-order valence-electron chi connectivity index (χ1n) is 7.54. The lowest BCUT2D eigenvalue weighted by Gasteiger charge is -2.22. The average Bonchev–Trinajstić information content (AvgIpc) is 2.41. The molecule has 0 atom stereocenters. The minimum atomic E-state index is -4.85. The lowest BCUT2D eigenvalue weighted by molar-refractivity contribution is -0.0329. The molecule has 156 valence electrons. The Morgan fingerprint density at radius 3 is 2.07 bits per heavy atom. The number of rotatable bonds is 9. The van der Waals surface area contributed by atoms with Crippen LogP contribution in [-0.2, 0) is 27.9 Å². The molecule has 0 amide bonds. The molecule has 6 nitrogen and oxygen atoms in total. The van der Waals surface area contributed by atoms with Gasteiger partial charge >= 0.3 is 13.1 Å². The van der Waals surface area contributed by atoms with E-state index in [0.717, 1.165) is 0 Å². The van der Waals surface area contributed by atoms with E-state index in [0.29, 0.717) is 18.2 Å². The molecular weight excluding hydrogens is 435 g/mol. The van der Waals surface area contributed by atoms with Gasteiger partial charge in [0.05, 0.1) is 12.2 Å². The summed E-state index contributed by atoms with van der Waals surface area (Å²) in [5, 5.41) is 0. The molecule has 0 heterocycles. The van der Waals surface area contributed by atoms with Gasteiger partial charge in [-0.15, -0.1) is 0 Å². The Balaban J connectivity index is 3.15. The van der Waals surface area contributed by atoms with E-state index in [2.05, 4.69) is 4.18 Å². The summed E-state index contributed by atoms with van der Waals surface area (Å²) in [6.45, 7) is 6.12. The number of halogens is 4. The van der Waals surface area contributed by atoms with Gasteiger partial charge in [0.15, 0.2) is 6.35 Å². The van der Waals surface area contributed by atoms with E-state index in [9.17, 15) is 30.5 Å². The fourth-order valence-electron chi connectivity index (χ4n) is 1.82. The highest BCUT2D eigenvalue weighted by Crippen LogP contribution is 2.51. The van der Waals surface area contributed by atoms with Crippen molar-refractivity contribution >= 4 is 29.5 Å². The Bertz CT molecular complexity index is 781. The van der Waals surface area contributed by atoms with Crippen LogP contribution in [0.1, 0.15) is 27.7 Å². The van der Waals surface area contributed by atoms with Crippen LogP contribution in [0.4, 0.5) is 17.6 Å². The van der Waals surface area contributed by atoms with Crippen LogP contribution in [0.5, 0.6) is 0 Å². The van der Waals surface area contributed by atoms with E-state index >= 15 is 0 Å². The average molecular weight is 454 g/mol. The summed E-state index contributed by atoms with van der Waals surface area (Å²) in [5.74, 6) is -1.06. The van der Waals surface area contributed by atoms with Gasteiger partial charge in [-0.25, -0.2) is 4.39 Å². The van der Waals surface area contributed by atoms with Gasteiger partial charge in [0, 0.05) is 4.90 Å². The third kappa shape index (κ3) is 8.49. The van der Waals surface area contributed by atoms with Crippen LogP contribution < -0.4 is 0 Å². The van der Waals surface area contributed by atoms with E-state index < -0.39 is 69.1 Å². The van der Waals surface area contributed by atoms with Crippen molar-refractivity contribution in [2.75, 3.05) is 6.35 Å². The molecule has 0 aliphatic heterocycles. The molecule has 0 unspecified atom stereocenters. The lowest BCUT2D eigenvalue weighted by Crippen LogP contribution is -2.15. The molecule has 0 spiro atoms. The fraction of sp³-hybridized carbons (Fsp3) is 0.571. The monoisotopic (exact) mass is 454 g/mol. The maximum atomic E-state index is 13.3. The van der Waals surface area contributed by atoms with E-state index in [1.807, 2.05) is 0 Å². The maximum Gasteiger partial charge on any atom is 0.446 e. The molecule has 1 rings (SSSR count). The van der Waals surface area contributed by atoms with Crippen LogP contribution in [0.2, 0.25) is 0 Å². The van der Waals surface area contributed by atoms with Crippen LogP contribution in [0.25, 0.3) is 0 Å². The van der Waals surface area contributed by atoms with Gasteiger partial charge in [-0.05, 0) is 57.7 Å². The van der Waals surface area contributed by atoms with Gasteiger partial charge in [0.2, 0.25) is 0 Å². The van der Waals surface area contributed by atoms with Crippen molar-refractivity contribution in [1.82, 2.24) is 0 Å². The largest absolute Gasteiger partial charge is 0.446 e. The van der Waals surface area contributed by atoms with Crippen LogP contribution in [0.3, 0.4) is 0 Å². The molecule has 27 heavy (non-hydrogen) atoms. The van der Waals surface area contributed by atoms with Crippen molar-refractivity contribution in [2.45, 2.75) is 55.2 Å². The zero-order valence-corrected chi connectivity index (χ0v) is 17.3. The SMILES string of the molecule is CC(C)OP(=O)(COS(=O)(=O)c1ccc(F)cc1SC(F)(F)F)OC(C)C. The molecule has 0 saturated heterocycles. The van der Waals surface area contributed by atoms with Crippen molar-refractivity contribution in [3.05, 3.63) is 24.0 Å². The van der Waals surface area contributed by atoms with Crippen LogP contribution >= 0.6 is 19.4 Å². The summed E-state index contributed by atoms with van der Waals surface area (Å²) < 4.78 is 103. The van der Waals surface area contributed by atoms with Crippen molar-refractivity contribution in [2.24, 2.45) is 0 Å². The summed E-state index contributed by atoms with van der Waals surface area (Å²) in [7, 11) is -8.82. The fourth-order valence-corrected chi connectivity index (χ4v) is 6.03. The summed E-state index contributed by atoms with van der Waals surface area (Å²) >= 11 is -0.808. The normalized spacial score (nSPS) is 13.6. The van der Waals surface area contributed by atoms with Crippen molar-refractivity contribution in [1.29, 1.82) is 0 Å². The van der Waals surface area contributed by atoms with Crippen LogP contribution in [0.15, 0.2) is 28.0 Å². The molecule has 0 saturated carbocycles. The van der Waals surface area contributed by atoms with Gasteiger partial charge < -0.3 is 9.05 Å². The van der Waals surface area contributed by atoms with Crippen LogP contribution in [-0.4, -0.2) is 32.5 Å². The second-order valence-corrected chi connectivity index (χ2v) is 10.4. The molecule has 0 bridgehead atoms. The van der Waals surface area contributed by atoms with Crippen LogP contribution in [0, 0.1) is 5.82 Å². The van der Waals surface area contributed by atoms with E-state index in [-0.39, 0.29) is 0 Å². The summed E-state index contributed by atoms with van der Waals surface area (Å²) in [6, 6.07) is 1.73. The predicted octanol–water partition coefficient (Wildman–Crippen LogP) is 5.14. The van der Waals surface area contributed by atoms with Crippen molar-refractivity contribution in [3.63, 3.8) is 0 Å². The second-order valence-electron chi connectivity index (χ2n) is 5.76. The zero-order chi connectivity index (χ0) is 21.0. The van der Waals surface area contributed by atoms with Crippen molar-refractivity contribution < 1.29 is 43.8 Å². The van der Waals surface area contributed by atoms with Gasteiger partial charge in [0.1, 0.15) is 10.7 Å². The third-order valence-electron chi connectivity index (χ3n) is 2.51. The Labute approximate surface area is 159 Å². The topological polar surface area (TPSA) is 78.9 Å². The Kier molecular flexibility index (Phi) is 8.34. The first-order valence-corrected chi connectivity index (χ1v) is 11.5. The second kappa shape index (κ2) is 9.23. The van der Waals surface area contributed by atoms with Gasteiger partial charge in [-0.2, -0.15) is 21.6 Å². The first kappa shape index (κ1) is 24.4.